The van der Waals surface area contributed by atoms with Crippen LogP contribution in [-0.4, -0.2) is 10.9 Å². The van der Waals surface area contributed by atoms with Gasteiger partial charge in [0.05, 0.1) is 21.4 Å². The molecule has 0 aliphatic carbocycles. The van der Waals surface area contributed by atoms with E-state index in [0.717, 1.165) is 15.2 Å². The molecule has 25 heavy (non-hydrogen) atoms. The third-order valence-electron chi connectivity index (χ3n) is 3.33. The molecule has 1 aromatic heterocycles. The zero-order chi connectivity index (χ0) is 17.8. The quantitative estimate of drug-likeness (QED) is 0.557. The first-order valence-corrected chi connectivity index (χ1v) is 9.46. The van der Waals surface area contributed by atoms with Crippen molar-refractivity contribution in [1.82, 2.24) is 4.98 Å². The molecule has 0 saturated carbocycles. The molecule has 3 aromatic rings. The number of hydrogen-bond acceptors (Lipinski definition) is 4. The monoisotopic (exact) mass is 436 g/mol. The maximum absolute atomic E-state index is 12.4. The molecule has 0 radical (unpaired) electrons. The van der Waals surface area contributed by atoms with E-state index in [1.165, 1.54) is 0 Å². The standard InChI is InChI=1S/C18H14BrClN2O2S/c1-11-21-14(10-25-11)9-24-15-4-2-3-12(7-15)18(23)22-17-6-5-13(19)8-16(17)20/h2-8,10H,9H2,1H3,(H,22,23). The molecule has 0 fully saturated rings. The Bertz CT molecular complexity index is 914. The van der Waals surface area contributed by atoms with Crippen LogP contribution in [0.4, 0.5) is 5.69 Å². The van der Waals surface area contributed by atoms with Gasteiger partial charge in [-0.25, -0.2) is 4.98 Å². The van der Waals surface area contributed by atoms with E-state index in [-0.39, 0.29) is 5.91 Å². The summed E-state index contributed by atoms with van der Waals surface area (Å²) >= 11 is 11.1. The highest BCUT2D eigenvalue weighted by Gasteiger charge is 2.10. The number of amides is 1. The van der Waals surface area contributed by atoms with Gasteiger partial charge in [-0.05, 0) is 43.3 Å². The van der Waals surface area contributed by atoms with Gasteiger partial charge < -0.3 is 10.1 Å². The van der Waals surface area contributed by atoms with Crippen molar-refractivity contribution in [2.45, 2.75) is 13.5 Å². The highest BCUT2D eigenvalue weighted by molar-refractivity contribution is 9.10. The molecular weight excluding hydrogens is 424 g/mol. The first-order valence-electron chi connectivity index (χ1n) is 7.41. The molecule has 0 aliphatic heterocycles. The second-order valence-electron chi connectivity index (χ2n) is 5.25. The van der Waals surface area contributed by atoms with Crippen molar-refractivity contribution in [2.24, 2.45) is 0 Å². The van der Waals surface area contributed by atoms with Gasteiger partial charge in [-0.3, -0.25) is 4.79 Å². The summed E-state index contributed by atoms with van der Waals surface area (Å²) in [5.41, 5.74) is 1.92. The minimum Gasteiger partial charge on any atom is -0.487 e. The molecular formula is C18H14BrClN2O2S. The van der Waals surface area contributed by atoms with E-state index in [0.29, 0.717) is 28.6 Å². The van der Waals surface area contributed by atoms with Crippen molar-refractivity contribution >= 4 is 50.5 Å². The minimum atomic E-state index is -0.251. The molecule has 0 atom stereocenters. The summed E-state index contributed by atoms with van der Waals surface area (Å²) in [4.78, 5) is 16.8. The molecule has 0 saturated heterocycles. The SMILES string of the molecule is Cc1nc(COc2cccc(C(=O)Nc3ccc(Br)cc3Cl)c2)cs1. The van der Waals surface area contributed by atoms with E-state index in [4.69, 9.17) is 16.3 Å². The molecule has 1 heterocycles. The highest BCUT2D eigenvalue weighted by Crippen LogP contribution is 2.26. The van der Waals surface area contributed by atoms with Crippen LogP contribution in [0.25, 0.3) is 0 Å². The Hall–Kier alpha value is -1.89. The fourth-order valence-corrected chi connectivity index (χ4v) is 3.46. The van der Waals surface area contributed by atoms with Crippen molar-refractivity contribution in [1.29, 1.82) is 0 Å². The van der Waals surface area contributed by atoms with Gasteiger partial charge in [0.1, 0.15) is 12.4 Å². The van der Waals surface area contributed by atoms with Crippen LogP contribution in [0.1, 0.15) is 21.1 Å². The lowest BCUT2D eigenvalue weighted by atomic mass is 10.2. The van der Waals surface area contributed by atoms with Crippen molar-refractivity contribution in [3.8, 4) is 5.75 Å². The molecule has 0 spiro atoms. The van der Waals surface area contributed by atoms with Crippen LogP contribution in [0.3, 0.4) is 0 Å². The lowest BCUT2D eigenvalue weighted by Crippen LogP contribution is -2.12. The Labute approximate surface area is 162 Å². The van der Waals surface area contributed by atoms with Crippen LogP contribution in [-0.2, 0) is 6.61 Å². The summed E-state index contributed by atoms with van der Waals surface area (Å²) in [6, 6.07) is 12.3. The van der Waals surface area contributed by atoms with E-state index < -0.39 is 0 Å². The summed E-state index contributed by atoms with van der Waals surface area (Å²) in [5, 5.41) is 6.22. The van der Waals surface area contributed by atoms with Crippen molar-refractivity contribution < 1.29 is 9.53 Å². The van der Waals surface area contributed by atoms with Crippen LogP contribution in [0.5, 0.6) is 5.75 Å². The summed E-state index contributed by atoms with van der Waals surface area (Å²) in [7, 11) is 0. The molecule has 1 N–H and O–H groups in total. The second kappa shape index (κ2) is 7.99. The molecule has 128 valence electrons. The number of hydrogen-bond donors (Lipinski definition) is 1. The Morgan fingerprint density at radius 2 is 2.16 bits per heavy atom. The molecule has 0 aliphatic rings. The van der Waals surface area contributed by atoms with Crippen LogP contribution in [0.2, 0.25) is 5.02 Å². The van der Waals surface area contributed by atoms with E-state index in [1.54, 1.807) is 41.7 Å². The van der Waals surface area contributed by atoms with Crippen LogP contribution < -0.4 is 10.1 Å². The Balaban J connectivity index is 1.68. The number of thiazole rings is 1. The number of nitrogens with zero attached hydrogens (tertiary/aromatic N) is 1. The molecule has 7 heteroatoms. The number of aromatic nitrogens is 1. The molecule has 4 nitrogen and oxygen atoms in total. The highest BCUT2D eigenvalue weighted by atomic mass is 79.9. The number of aryl methyl sites for hydroxylation is 1. The van der Waals surface area contributed by atoms with Crippen molar-refractivity contribution in [2.75, 3.05) is 5.32 Å². The normalized spacial score (nSPS) is 10.5. The number of nitrogens with one attached hydrogen (secondary N) is 1. The Kier molecular flexibility index (Phi) is 5.73. The number of rotatable bonds is 5. The first-order chi connectivity index (χ1) is 12.0. The fourth-order valence-electron chi connectivity index (χ4n) is 2.14. The third kappa shape index (κ3) is 4.81. The number of carbonyl (C=O) groups excluding carboxylic acids is 1. The molecule has 2 aromatic carbocycles. The van der Waals surface area contributed by atoms with Crippen LogP contribution >= 0.6 is 38.9 Å². The van der Waals surface area contributed by atoms with Gasteiger partial charge >= 0.3 is 0 Å². The average Bonchev–Trinajstić information content (AvgIpc) is 3.01. The maximum atomic E-state index is 12.4. The van der Waals surface area contributed by atoms with Crippen molar-refractivity contribution in [3.05, 3.63) is 73.6 Å². The van der Waals surface area contributed by atoms with Gasteiger partial charge in [0.25, 0.3) is 5.91 Å². The summed E-state index contributed by atoms with van der Waals surface area (Å²) in [6.07, 6.45) is 0. The van der Waals surface area contributed by atoms with Crippen LogP contribution in [0, 0.1) is 6.92 Å². The molecule has 1 amide bonds. The summed E-state index contributed by atoms with van der Waals surface area (Å²) in [5.74, 6) is 0.361. The smallest absolute Gasteiger partial charge is 0.255 e. The second-order valence-corrected chi connectivity index (χ2v) is 7.64. The number of anilines is 1. The van der Waals surface area contributed by atoms with E-state index >= 15 is 0 Å². The topological polar surface area (TPSA) is 51.2 Å². The van der Waals surface area contributed by atoms with E-state index in [2.05, 4.69) is 26.2 Å². The maximum Gasteiger partial charge on any atom is 0.255 e. The van der Waals surface area contributed by atoms with E-state index in [9.17, 15) is 4.79 Å². The first kappa shape index (κ1) is 17.9. The zero-order valence-corrected chi connectivity index (χ0v) is 16.4. The zero-order valence-electron chi connectivity index (χ0n) is 13.3. The predicted octanol–water partition coefficient (Wildman–Crippen LogP) is 5.70. The number of carbonyl (C=O) groups is 1. The predicted molar refractivity (Wildman–Crippen MR) is 105 cm³/mol. The summed E-state index contributed by atoms with van der Waals surface area (Å²) < 4.78 is 6.57. The van der Waals surface area contributed by atoms with Gasteiger partial charge in [0, 0.05) is 15.4 Å². The largest absolute Gasteiger partial charge is 0.487 e. The third-order valence-corrected chi connectivity index (χ3v) is 4.96. The number of benzene rings is 2. The fraction of sp³-hybridized carbons (Fsp3) is 0.111. The van der Waals surface area contributed by atoms with Gasteiger partial charge in [0.2, 0.25) is 0 Å². The number of ether oxygens (including phenoxy) is 1. The minimum absolute atomic E-state index is 0.251. The van der Waals surface area contributed by atoms with Crippen molar-refractivity contribution in [3.63, 3.8) is 0 Å². The molecule has 0 bridgehead atoms. The van der Waals surface area contributed by atoms with E-state index in [1.807, 2.05) is 24.4 Å². The number of halogens is 2. The van der Waals surface area contributed by atoms with Crippen LogP contribution in [0.15, 0.2) is 52.3 Å². The van der Waals surface area contributed by atoms with Gasteiger partial charge in [-0.2, -0.15) is 0 Å². The lowest BCUT2D eigenvalue weighted by molar-refractivity contribution is 0.102. The lowest BCUT2D eigenvalue weighted by Gasteiger charge is -2.09. The molecule has 3 rings (SSSR count). The van der Waals surface area contributed by atoms with Gasteiger partial charge in [-0.1, -0.05) is 33.6 Å². The van der Waals surface area contributed by atoms with Gasteiger partial charge in [0.15, 0.2) is 0 Å². The van der Waals surface area contributed by atoms with Gasteiger partial charge in [-0.15, -0.1) is 11.3 Å². The Morgan fingerprint density at radius 3 is 2.88 bits per heavy atom. The average molecular weight is 438 g/mol. The Morgan fingerprint density at radius 1 is 1.32 bits per heavy atom. The summed E-state index contributed by atoms with van der Waals surface area (Å²) in [6.45, 7) is 2.32. The molecule has 0 unspecified atom stereocenters.